The van der Waals surface area contributed by atoms with Gasteiger partial charge in [0.2, 0.25) is 0 Å². The molecule has 0 amide bonds. The summed E-state index contributed by atoms with van der Waals surface area (Å²) in [7, 11) is 0. The van der Waals surface area contributed by atoms with Crippen LogP contribution in [0.2, 0.25) is 5.02 Å². The van der Waals surface area contributed by atoms with Gasteiger partial charge in [-0.05, 0) is 54.5 Å². The van der Waals surface area contributed by atoms with Crippen LogP contribution in [0.25, 0.3) is 5.70 Å². The van der Waals surface area contributed by atoms with Crippen LogP contribution in [0.5, 0.6) is 0 Å². The summed E-state index contributed by atoms with van der Waals surface area (Å²) in [6.07, 6.45) is 12.6. The maximum atomic E-state index is 14.7. The number of hydrogen-bond donors (Lipinski definition) is 3. The van der Waals surface area contributed by atoms with Crippen molar-refractivity contribution in [1.29, 1.82) is 0 Å². The van der Waals surface area contributed by atoms with E-state index in [2.05, 4.69) is 56.1 Å². The molecule has 2 aromatic heterocycles. The average Bonchev–Trinajstić information content (AvgIpc) is 3.41. The standard InChI is InChI=1S/C25H32ClFN6OS.C5H12/c1-3-5-6-11-32(10-4-2)19-13-18(14-30-15-19)22(28)16-33(29)25-21(27)7-8-23(24(25)26)31-35-20-9-12-34-17-20;1-5(2,3)4/h7-9,12-17,31H,3-6,10-11,28-29H2,1-2H3;1-4H3/b22-16-;. The highest BCUT2D eigenvalue weighted by Gasteiger charge is 2.17. The Morgan fingerprint density at radius 2 is 1.85 bits per heavy atom. The number of nitrogens with one attached hydrogen (secondary N) is 1. The molecule has 220 valence electrons. The zero-order chi connectivity index (χ0) is 29.7. The normalized spacial score (nSPS) is 11.6. The van der Waals surface area contributed by atoms with Crippen LogP contribution in [0.3, 0.4) is 0 Å². The second kappa shape index (κ2) is 16.4. The summed E-state index contributed by atoms with van der Waals surface area (Å²) in [5, 5.41) is 1.22. The Morgan fingerprint density at radius 3 is 2.48 bits per heavy atom. The molecule has 3 rings (SSSR count). The molecule has 0 aliphatic rings. The number of pyridine rings is 1. The zero-order valence-electron chi connectivity index (χ0n) is 24.5. The van der Waals surface area contributed by atoms with Crippen LogP contribution in [0.1, 0.15) is 72.8 Å². The number of nitrogens with zero attached hydrogens (tertiary/aromatic N) is 3. The van der Waals surface area contributed by atoms with Gasteiger partial charge in [-0.1, -0.05) is 66.0 Å². The third kappa shape index (κ3) is 11.3. The number of halogens is 2. The van der Waals surface area contributed by atoms with E-state index in [4.69, 9.17) is 27.6 Å². The molecule has 40 heavy (non-hydrogen) atoms. The summed E-state index contributed by atoms with van der Waals surface area (Å²) in [6, 6.07) is 6.61. The lowest BCUT2D eigenvalue weighted by atomic mass is 10.0. The Bertz CT molecular complexity index is 1190. The van der Waals surface area contributed by atoms with Crippen molar-refractivity contribution in [3.05, 3.63) is 71.8 Å². The molecular weight excluding hydrogens is 547 g/mol. The summed E-state index contributed by atoms with van der Waals surface area (Å²) in [6.45, 7) is 15.0. The van der Waals surface area contributed by atoms with Crippen LogP contribution >= 0.6 is 23.5 Å². The van der Waals surface area contributed by atoms with Crippen LogP contribution in [0.15, 0.2) is 64.7 Å². The second-order valence-corrected chi connectivity index (χ2v) is 12.3. The van der Waals surface area contributed by atoms with Gasteiger partial charge in [0.15, 0.2) is 0 Å². The van der Waals surface area contributed by atoms with Crippen LogP contribution in [-0.4, -0.2) is 18.1 Å². The predicted octanol–water partition coefficient (Wildman–Crippen LogP) is 8.68. The molecule has 2 heterocycles. The number of furan rings is 1. The first kappa shape index (κ1) is 33.3. The third-order valence-corrected chi connectivity index (χ3v) is 6.50. The predicted molar refractivity (Wildman–Crippen MR) is 170 cm³/mol. The minimum atomic E-state index is -0.572. The number of benzene rings is 1. The minimum absolute atomic E-state index is 0.00343. The molecule has 0 atom stereocenters. The van der Waals surface area contributed by atoms with E-state index >= 15 is 0 Å². The van der Waals surface area contributed by atoms with Gasteiger partial charge >= 0.3 is 0 Å². The van der Waals surface area contributed by atoms with Crippen molar-refractivity contribution in [1.82, 2.24) is 4.98 Å². The molecule has 0 aliphatic carbocycles. The summed E-state index contributed by atoms with van der Waals surface area (Å²) in [5.74, 6) is 5.62. The zero-order valence-corrected chi connectivity index (χ0v) is 26.1. The van der Waals surface area contributed by atoms with Crippen LogP contribution in [-0.2, 0) is 0 Å². The van der Waals surface area contributed by atoms with Crippen molar-refractivity contribution < 1.29 is 8.81 Å². The first-order valence-electron chi connectivity index (χ1n) is 13.6. The minimum Gasteiger partial charge on any atom is -0.471 e. The van der Waals surface area contributed by atoms with Crippen molar-refractivity contribution in [2.75, 3.05) is 27.7 Å². The lowest BCUT2D eigenvalue weighted by molar-refractivity contribution is 0.469. The molecular formula is C30H44ClFN6OS. The van der Waals surface area contributed by atoms with E-state index in [0.717, 1.165) is 47.9 Å². The van der Waals surface area contributed by atoms with Crippen molar-refractivity contribution in [3.63, 3.8) is 0 Å². The lowest BCUT2D eigenvalue weighted by Gasteiger charge is -2.24. The molecule has 0 fully saturated rings. The average molecular weight is 591 g/mol. The number of aromatic nitrogens is 1. The van der Waals surface area contributed by atoms with Gasteiger partial charge in [-0.2, -0.15) is 0 Å². The van der Waals surface area contributed by atoms with Gasteiger partial charge in [0.05, 0.1) is 39.4 Å². The van der Waals surface area contributed by atoms with E-state index in [9.17, 15) is 4.39 Å². The van der Waals surface area contributed by atoms with Crippen LogP contribution in [0, 0.1) is 11.2 Å². The number of unbranched alkanes of at least 4 members (excludes halogenated alkanes) is 2. The van der Waals surface area contributed by atoms with Crippen LogP contribution < -0.4 is 26.2 Å². The maximum absolute atomic E-state index is 14.7. The highest BCUT2D eigenvalue weighted by molar-refractivity contribution is 8.00. The number of rotatable bonds is 13. The number of hydrogen-bond acceptors (Lipinski definition) is 8. The topological polar surface area (TPSA) is 96.6 Å². The number of hydrazine groups is 1. The lowest BCUT2D eigenvalue weighted by Crippen LogP contribution is -2.27. The fourth-order valence-electron chi connectivity index (χ4n) is 3.52. The molecule has 1 aromatic carbocycles. The fraction of sp³-hybridized carbons (Fsp3) is 0.433. The Morgan fingerprint density at radius 1 is 1.12 bits per heavy atom. The molecule has 7 nitrogen and oxygen atoms in total. The van der Waals surface area contributed by atoms with Crippen molar-refractivity contribution in [2.24, 2.45) is 17.0 Å². The van der Waals surface area contributed by atoms with E-state index in [1.165, 1.54) is 30.6 Å². The fourth-order valence-corrected chi connectivity index (χ4v) is 4.50. The summed E-state index contributed by atoms with van der Waals surface area (Å²) in [4.78, 5) is 7.53. The SMILES string of the molecule is CC(C)(C)C.CCCCCN(CCC)c1cncc(/C(N)=C/N(N)c2c(F)ccc(NSc3ccoc3)c2Cl)c1. The summed E-state index contributed by atoms with van der Waals surface area (Å²) < 4.78 is 22.8. The molecule has 0 radical (unpaired) electrons. The van der Waals surface area contributed by atoms with Gasteiger partial charge in [0.25, 0.3) is 0 Å². The Hall–Kier alpha value is -2.88. The maximum Gasteiger partial charge on any atom is 0.149 e. The smallest absolute Gasteiger partial charge is 0.149 e. The van der Waals surface area contributed by atoms with E-state index in [1.54, 1.807) is 30.9 Å². The first-order valence-corrected chi connectivity index (χ1v) is 14.8. The molecule has 0 spiro atoms. The monoisotopic (exact) mass is 590 g/mol. The number of anilines is 3. The van der Waals surface area contributed by atoms with Gasteiger partial charge in [0, 0.05) is 31.0 Å². The Kier molecular flexibility index (Phi) is 13.7. The molecule has 0 bridgehead atoms. The molecule has 0 unspecified atom stereocenters. The molecule has 5 N–H and O–H groups in total. The van der Waals surface area contributed by atoms with Crippen molar-refractivity contribution >= 4 is 46.3 Å². The molecule has 0 saturated carbocycles. The van der Waals surface area contributed by atoms with Gasteiger partial charge in [-0.3, -0.25) is 9.99 Å². The highest BCUT2D eigenvalue weighted by atomic mass is 35.5. The van der Waals surface area contributed by atoms with Crippen LogP contribution in [0.4, 0.5) is 21.5 Å². The van der Waals surface area contributed by atoms with Gasteiger partial charge in [-0.15, -0.1) is 0 Å². The molecule has 3 aromatic rings. The quantitative estimate of drug-likeness (QED) is 0.0787. The third-order valence-electron chi connectivity index (χ3n) is 5.32. The van der Waals surface area contributed by atoms with Gasteiger partial charge < -0.3 is 19.8 Å². The molecule has 0 aliphatic heterocycles. The Balaban J connectivity index is 0.00000103. The first-order chi connectivity index (χ1) is 18.9. The number of nitrogens with two attached hydrogens (primary N) is 2. The van der Waals surface area contributed by atoms with Gasteiger partial charge in [0.1, 0.15) is 17.8 Å². The van der Waals surface area contributed by atoms with Gasteiger partial charge in [-0.25, -0.2) is 10.2 Å². The van der Waals surface area contributed by atoms with E-state index in [-0.39, 0.29) is 10.7 Å². The molecule has 0 saturated heterocycles. The highest BCUT2D eigenvalue weighted by Crippen LogP contribution is 2.37. The van der Waals surface area contributed by atoms with Crippen molar-refractivity contribution in [3.8, 4) is 0 Å². The molecule has 10 heteroatoms. The summed E-state index contributed by atoms with van der Waals surface area (Å²) in [5.41, 5.74) is 9.37. The van der Waals surface area contributed by atoms with Crippen molar-refractivity contribution in [2.45, 2.75) is 72.1 Å². The van der Waals surface area contributed by atoms with E-state index < -0.39 is 5.82 Å². The van der Waals surface area contributed by atoms with E-state index in [1.807, 2.05) is 12.3 Å². The second-order valence-electron chi connectivity index (χ2n) is 11.0. The Labute approximate surface area is 248 Å². The van der Waals surface area contributed by atoms with E-state index in [0.29, 0.717) is 22.4 Å². The summed E-state index contributed by atoms with van der Waals surface area (Å²) >= 11 is 7.77. The largest absolute Gasteiger partial charge is 0.471 e.